The third kappa shape index (κ3) is 3.80. The van der Waals surface area contributed by atoms with Crippen molar-refractivity contribution in [1.29, 1.82) is 0 Å². The molecule has 1 heterocycles. The molecule has 0 spiro atoms. The number of aromatic nitrogens is 2. The van der Waals surface area contributed by atoms with Crippen molar-refractivity contribution in [3.63, 3.8) is 0 Å². The van der Waals surface area contributed by atoms with Crippen molar-refractivity contribution in [2.75, 3.05) is 13.2 Å². The first-order valence-corrected chi connectivity index (χ1v) is 8.35. The highest BCUT2D eigenvalue weighted by Gasteiger charge is 2.22. The number of para-hydroxylation sites is 1. The number of rotatable bonds is 8. The SMILES string of the molecule is CCCc1nnsc1C(NCC)c1ccccc1OCC. The van der Waals surface area contributed by atoms with Crippen LogP contribution in [0.1, 0.15) is 49.4 Å². The van der Waals surface area contributed by atoms with Crippen LogP contribution in [0.25, 0.3) is 0 Å². The summed E-state index contributed by atoms with van der Waals surface area (Å²) >= 11 is 1.48. The Morgan fingerprint density at radius 1 is 1.24 bits per heavy atom. The van der Waals surface area contributed by atoms with E-state index < -0.39 is 0 Å². The molecule has 0 bridgehead atoms. The number of benzene rings is 1. The lowest BCUT2D eigenvalue weighted by atomic mass is 10.0. The third-order valence-corrected chi connectivity index (χ3v) is 4.10. The average Bonchev–Trinajstić information content (AvgIpc) is 2.94. The topological polar surface area (TPSA) is 47.0 Å². The lowest BCUT2D eigenvalue weighted by molar-refractivity contribution is 0.333. The van der Waals surface area contributed by atoms with Gasteiger partial charge in [-0.05, 0) is 37.5 Å². The smallest absolute Gasteiger partial charge is 0.124 e. The number of nitrogens with zero attached hydrogens (tertiary/aromatic N) is 2. The van der Waals surface area contributed by atoms with Crippen LogP contribution in [-0.2, 0) is 6.42 Å². The van der Waals surface area contributed by atoms with Crippen molar-refractivity contribution >= 4 is 11.5 Å². The lowest BCUT2D eigenvalue weighted by Gasteiger charge is -2.20. The summed E-state index contributed by atoms with van der Waals surface area (Å²) in [5.74, 6) is 0.932. The van der Waals surface area contributed by atoms with Crippen LogP contribution in [0.5, 0.6) is 5.75 Å². The molecule has 1 N–H and O–H groups in total. The molecule has 1 unspecified atom stereocenters. The Morgan fingerprint density at radius 3 is 2.76 bits per heavy atom. The highest BCUT2D eigenvalue weighted by molar-refractivity contribution is 7.05. The fraction of sp³-hybridized carbons (Fsp3) is 0.500. The molecule has 0 amide bonds. The highest BCUT2D eigenvalue weighted by atomic mass is 32.1. The van der Waals surface area contributed by atoms with Gasteiger partial charge in [0.1, 0.15) is 5.75 Å². The zero-order chi connectivity index (χ0) is 15.1. The molecule has 1 aromatic carbocycles. The maximum absolute atomic E-state index is 5.79. The molecule has 0 saturated heterocycles. The molecule has 4 nitrogen and oxygen atoms in total. The second kappa shape index (κ2) is 8.10. The van der Waals surface area contributed by atoms with Crippen LogP contribution in [0.2, 0.25) is 0 Å². The minimum atomic E-state index is 0.0966. The molecule has 0 saturated carbocycles. The second-order valence-electron chi connectivity index (χ2n) is 4.80. The maximum Gasteiger partial charge on any atom is 0.124 e. The van der Waals surface area contributed by atoms with Gasteiger partial charge in [0, 0.05) is 5.56 Å². The molecule has 0 aliphatic carbocycles. The van der Waals surface area contributed by atoms with Crippen molar-refractivity contribution < 1.29 is 4.74 Å². The zero-order valence-electron chi connectivity index (χ0n) is 12.9. The Hall–Kier alpha value is -1.46. The average molecular weight is 305 g/mol. The molecule has 2 rings (SSSR count). The van der Waals surface area contributed by atoms with Crippen molar-refractivity contribution in [1.82, 2.24) is 14.9 Å². The highest BCUT2D eigenvalue weighted by Crippen LogP contribution is 2.33. The third-order valence-electron chi connectivity index (χ3n) is 3.27. The first-order valence-electron chi connectivity index (χ1n) is 7.57. The molecule has 5 heteroatoms. The number of hydrogen-bond acceptors (Lipinski definition) is 5. The molecule has 2 aromatic rings. The van der Waals surface area contributed by atoms with E-state index in [4.69, 9.17) is 4.74 Å². The molecule has 114 valence electrons. The van der Waals surface area contributed by atoms with Crippen molar-refractivity contribution in [3.05, 3.63) is 40.4 Å². The Labute approximate surface area is 130 Å². The fourth-order valence-electron chi connectivity index (χ4n) is 2.40. The van der Waals surface area contributed by atoms with Gasteiger partial charge in [-0.25, -0.2) is 0 Å². The molecule has 0 radical (unpaired) electrons. The Bertz CT molecular complexity index is 556. The van der Waals surface area contributed by atoms with Gasteiger partial charge in [-0.15, -0.1) is 5.10 Å². The van der Waals surface area contributed by atoms with Gasteiger partial charge in [0.25, 0.3) is 0 Å². The van der Waals surface area contributed by atoms with Gasteiger partial charge in [0.05, 0.1) is 23.2 Å². The lowest BCUT2D eigenvalue weighted by Crippen LogP contribution is -2.23. The minimum Gasteiger partial charge on any atom is -0.494 e. The second-order valence-corrected chi connectivity index (χ2v) is 5.58. The largest absolute Gasteiger partial charge is 0.494 e. The van der Waals surface area contributed by atoms with Crippen LogP contribution in [-0.4, -0.2) is 22.7 Å². The predicted octanol–water partition coefficient (Wildman–Crippen LogP) is 3.59. The fourth-order valence-corrected chi connectivity index (χ4v) is 3.19. The van der Waals surface area contributed by atoms with Gasteiger partial charge in [-0.2, -0.15) is 0 Å². The van der Waals surface area contributed by atoms with Crippen LogP contribution >= 0.6 is 11.5 Å². The van der Waals surface area contributed by atoms with E-state index in [1.807, 2.05) is 19.1 Å². The van der Waals surface area contributed by atoms with Crippen molar-refractivity contribution in [2.24, 2.45) is 0 Å². The number of aryl methyl sites for hydroxylation is 1. The molecule has 0 aliphatic heterocycles. The van der Waals surface area contributed by atoms with E-state index in [-0.39, 0.29) is 6.04 Å². The summed E-state index contributed by atoms with van der Waals surface area (Å²) in [6, 6.07) is 8.30. The van der Waals surface area contributed by atoms with E-state index in [0.717, 1.165) is 36.4 Å². The Morgan fingerprint density at radius 2 is 2.05 bits per heavy atom. The molecule has 21 heavy (non-hydrogen) atoms. The van der Waals surface area contributed by atoms with Gasteiger partial charge in [-0.1, -0.05) is 43.0 Å². The summed E-state index contributed by atoms with van der Waals surface area (Å²) in [6.07, 6.45) is 2.04. The summed E-state index contributed by atoms with van der Waals surface area (Å²) in [5.41, 5.74) is 2.25. The van der Waals surface area contributed by atoms with Crippen molar-refractivity contribution in [2.45, 2.75) is 39.7 Å². The molecular formula is C16H23N3OS. The predicted molar refractivity (Wildman–Crippen MR) is 87.0 cm³/mol. The summed E-state index contributed by atoms with van der Waals surface area (Å²) < 4.78 is 9.94. The van der Waals surface area contributed by atoms with Crippen LogP contribution in [0.15, 0.2) is 24.3 Å². The first-order chi connectivity index (χ1) is 10.3. The Balaban J connectivity index is 2.41. The van der Waals surface area contributed by atoms with E-state index in [2.05, 4.69) is 40.9 Å². The van der Waals surface area contributed by atoms with Crippen LogP contribution in [0.4, 0.5) is 0 Å². The first kappa shape index (κ1) is 15.9. The molecule has 1 atom stereocenters. The number of hydrogen-bond donors (Lipinski definition) is 1. The Kier molecular flexibility index (Phi) is 6.14. The van der Waals surface area contributed by atoms with E-state index in [9.17, 15) is 0 Å². The quantitative estimate of drug-likeness (QED) is 0.809. The summed E-state index contributed by atoms with van der Waals surface area (Å²) in [5, 5.41) is 7.85. The number of nitrogens with one attached hydrogen (secondary N) is 1. The maximum atomic E-state index is 5.79. The molecule has 1 aromatic heterocycles. The van der Waals surface area contributed by atoms with Gasteiger partial charge in [-0.3, -0.25) is 0 Å². The standard InChI is InChI=1S/C16H23N3OS/c1-4-9-13-16(21-19-18-13)15(17-5-2)12-10-7-8-11-14(12)20-6-3/h7-8,10-11,15,17H,4-6,9H2,1-3H3. The van der Waals surface area contributed by atoms with Crippen LogP contribution < -0.4 is 10.1 Å². The van der Waals surface area contributed by atoms with Gasteiger partial charge in [0.2, 0.25) is 0 Å². The van der Waals surface area contributed by atoms with E-state index in [1.54, 1.807) is 0 Å². The van der Waals surface area contributed by atoms with Gasteiger partial charge >= 0.3 is 0 Å². The normalized spacial score (nSPS) is 12.3. The van der Waals surface area contributed by atoms with Crippen LogP contribution in [0.3, 0.4) is 0 Å². The molecule has 0 aliphatic rings. The van der Waals surface area contributed by atoms with E-state index in [0.29, 0.717) is 6.61 Å². The summed E-state index contributed by atoms with van der Waals surface area (Å²) in [4.78, 5) is 1.20. The molecular weight excluding hydrogens is 282 g/mol. The number of ether oxygens (including phenoxy) is 1. The minimum absolute atomic E-state index is 0.0966. The van der Waals surface area contributed by atoms with E-state index in [1.165, 1.54) is 16.4 Å². The van der Waals surface area contributed by atoms with Gasteiger partial charge in [0.15, 0.2) is 0 Å². The van der Waals surface area contributed by atoms with Crippen molar-refractivity contribution in [3.8, 4) is 5.75 Å². The summed E-state index contributed by atoms with van der Waals surface area (Å²) in [6.45, 7) is 7.84. The van der Waals surface area contributed by atoms with Crippen LogP contribution in [0, 0.1) is 0 Å². The monoisotopic (exact) mass is 305 g/mol. The zero-order valence-corrected chi connectivity index (χ0v) is 13.7. The summed E-state index contributed by atoms with van der Waals surface area (Å²) in [7, 11) is 0. The van der Waals surface area contributed by atoms with E-state index >= 15 is 0 Å². The van der Waals surface area contributed by atoms with Gasteiger partial charge < -0.3 is 10.1 Å². The molecule has 0 fully saturated rings.